The Morgan fingerprint density at radius 1 is 0.853 bits per heavy atom. The van der Waals surface area contributed by atoms with Crippen LogP contribution < -0.4 is 0 Å². The van der Waals surface area contributed by atoms with Crippen LogP contribution in [0.5, 0.6) is 0 Å². The van der Waals surface area contributed by atoms with Crippen molar-refractivity contribution in [3.8, 4) is 6.07 Å². The van der Waals surface area contributed by atoms with Gasteiger partial charge in [0.05, 0.1) is 16.5 Å². The first-order valence-corrected chi connectivity index (χ1v) is 11.7. The van der Waals surface area contributed by atoms with Crippen LogP contribution in [0.25, 0.3) is 12.2 Å². The van der Waals surface area contributed by atoms with Crippen LogP contribution in [0.2, 0.25) is 0 Å². The molecule has 4 rings (SSSR count). The Bertz CT molecular complexity index is 1450. The number of rotatable bonds is 4. The van der Waals surface area contributed by atoms with Gasteiger partial charge in [0.1, 0.15) is 11.6 Å². The lowest BCUT2D eigenvalue weighted by Crippen LogP contribution is -2.41. The molecule has 3 aromatic rings. The molecule has 34 heavy (non-hydrogen) atoms. The van der Waals surface area contributed by atoms with E-state index in [0.29, 0.717) is 11.1 Å². The number of nitrogens with zero attached hydrogens (tertiary/aromatic N) is 2. The number of carbonyl (C=O) groups excluding carboxylic acids is 1. The Morgan fingerprint density at radius 2 is 1.47 bits per heavy atom. The molecule has 0 aliphatic carbocycles. The number of carbonyl (C=O) groups is 1. The van der Waals surface area contributed by atoms with Gasteiger partial charge in [-0.25, -0.2) is 17.2 Å². The molecule has 0 N–H and O–H groups in total. The maximum Gasteiger partial charge on any atom is 0.243 e. The average molecular weight is 477 g/mol. The van der Waals surface area contributed by atoms with Gasteiger partial charge < -0.3 is 0 Å². The molecule has 5 nitrogen and oxygen atoms in total. The fourth-order valence-electron chi connectivity index (χ4n) is 3.57. The fourth-order valence-corrected chi connectivity index (χ4v) is 4.96. The third kappa shape index (κ3) is 4.86. The van der Waals surface area contributed by atoms with Crippen LogP contribution in [-0.4, -0.2) is 31.6 Å². The summed E-state index contributed by atoms with van der Waals surface area (Å²) in [6.45, 7) is -0.481. The van der Waals surface area contributed by atoms with Gasteiger partial charge in [0.15, 0.2) is 5.78 Å². The van der Waals surface area contributed by atoms with E-state index >= 15 is 0 Å². The van der Waals surface area contributed by atoms with Gasteiger partial charge in [-0.2, -0.15) is 9.57 Å². The summed E-state index contributed by atoms with van der Waals surface area (Å²) < 4.78 is 55.3. The Kier molecular flexibility index (Phi) is 6.50. The molecule has 0 saturated carbocycles. The lowest BCUT2D eigenvalue weighted by Gasteiger charge is -2.29. The van der Waals surface area contributed by atoms with Gasteiger partial charge in [-0.05, 0) is 60.2 Å². The highest BCUT2D eigenvalue weighted by atomic mass is 32.2. The zero-order valence-corrected chi connectivity index (χ0v) is 18.6. The predicted octanol–water partition coefficient (Wildman–Crippen LogP) is 4.58. The van der Waals surface area contributed by atoms with Gasteiger partial charge in [0.2, 0.25) is 10.0 Å². The lowest BCUT2D eigenvalue weighted by molar-refractivity contribution is -0.113. The van der Waals surface area contributed by atoms with Gasteiger partial charge in [0.25, 0.3) is 0 Å². The summed E-state index contributed by atoms with van der Waals surface area (Å²) in [5.41, 5.74) is 1.49. The molecule has 8 heteroatoms. The molecule has 170 valence electrons. The number of hydrogen-bond donors (Lipinski definition) is 0. The molecule has 0 amide bonds. The average Bonchev–Trinajstić information content (AvgIpc) is 2.83. The van der Waals surface area contributed by atoms with E-state index in [1.165, 1.54) is 24.3 Å². The zero-order valence-electron chi connectivity index (χ0n) is 17.8. The van der Waals surface area contributed by atoms with Crippen LogP contribution in [0.4, 0.5) is 8.78 Å². The maximum absolute atomic E-state index is 14.3. The van der Waals surface area contributed by atoms with Crippen LogP contribution in [0, 0.1) is 23.0 Å². The van der Waals surface area contributed by atoms with E-state index in [-0.39, 0.29) is 34.7 Å². The number of hydrogen-bond acceptors (Lipinski definition) is 4. The maximum atomic E-state index is 14.3. The van der Waals surface area contributed by atoms with Crippen molar-refractivity contribution in [3.05, 3.63) is 112 Å². The Balaban J connectivity index is 1.79. The summed E-state index contributed by atoms with van der Waals surface area (Å²) in [6, 6.07) is 18.8. The van der Waals surface area contributed by atoms with Gasteiger partial charge >= 0.3 is 0 Å². The Labute approximate surface area is 195 Å². The Hall–Kier alpha value is -3.93. The molecule has 1 fully saturated rings. The van der Waals surface area contributed by atoms with E-state index < -0.39 is 27.4 Å². The van der Waals surface area contributed by atoms with Crippen molar-refractivity contribution in [2.75, 3.05) is 13.1 Å². The van der Waals surface area contributed by atoms with Crippen molar-refractivity contribution in [2.24, 2.45) is 0 Å². The van der Waals surface area contributed by atoms with Crippen LogP contribution in [0.15, 0.2) is 88.8 Å². The summed E-state index contributed by atoms with van der Waals surface area (Å²) in [6.07, 6.45) is 2.89. The first kappa shape index (κ1) is 23.2. The molecule has 0 bridgehead atoms. The van der Waals surface area contributed by atoms with Crippen molar-refractivity contribution >= 4 is 28.0 Å². The first-order valence-electron chi connectivity index (χ1n) is 10.2. The van der Waals surface area contributed by atoms with Gasteiger partial charge in [-0.15, -0.1) is 0 Å². The number of sulfonamides is 1. The Morgan fingerprint density at radius 3 is 2.09 bits per heavy atom. The van der Waals surface area contributed by atoms with Crippen LogP contribution in [0.3, 0.4) is 0 Å². The highest BCUT2D eigenvalue weighted by molar-refractivity contribution is 7.89. The number of nitriles is 1. The van der Waals surface area contributed by atoms with Gasteiger partial charge in [-0.1, -0.05) is 30.3 Å². The second-order valence-corrected chi connectivity index (χ2v) is 9.59. The minimum atomic E-state index is -4.08. The largest absolute Gasteiger partial charge is 0.289 e. The van der Waals surface area contributed by atoms with Gasteiger partial charge in [-0.3, -0.25) is 4.79 Å². The van der Waals surface area contributed by atoms with E-state index in [1.54, 1.807) is 36.4 Å². The summed E-state index contributed by atoms with van der Waals surface area (Å²) in [7, 11) is -4.08. The number of piperidine rings is 1. The summed E-state index contributed by atoms with van der Waals surface area (Å²) >= 11 is 0. The second-order valence-electron chi connectivity index (χ2n) is 7.65. The molecule has 3 aromatic carbocycles. The lowest BCUT2D eigenvalue weighted by atomic mass is 9.95. The molecule has 1 aliphatic heterocycles. The standard InChI is InChI=1S/C26H18F2N2O3S/c27-23-9-11-24(12-10-23)34(32,33)30-16-21(13-18-5-7-19(15-29)8-6-18)26(31)22(17-30)14-20-3-1-2-4-25(20)28/h1-14H,16-17H2. The topological polar surface area (TPSA) is 78.2 Å². The van der Waals surface area contributed by atoms with Gasteiger partial charge in [0, 0.05) is 29.8 Å². The van der Waals surface area contributed by atoms with Crippen molar-refractivity contribution in [1.82, 2.24) is 4.31 Å². The molecule has 0 spiro atoms. The van der Waals surface area contributed by atoms with E-state index in [9.17, 15) is 22.0 Å². The fraction of sp³-hybridized carbons (Fsp3) is 0.0769. The first-order chi connectivity index (χ1) is 16.3. The minimum Gasteiger partial charge on any atom is -0.289 e. The van der Waals surface area contributed by atoms with Crippen molar-refractivity contribution in [1.29, 1.82) is 5.26 Å². The molecule has 1 saturated heterocycles. The van der Waals surface area contributed by atoms with Crippen LogP contribution >= 0.6 is 0 Å². The van der Waals surface area contributed by atoms with Crippen LogP contribution in [0.1, 0.15) is 16.7 Å². The number of benzene rings is 3. The van der Waals surface area contributed by atoms with E-state index in [0.717, 1.165) is 28.6 Å². The molecule has 1 heterocycles. The molecule has 0 atom stereocenters. The predicted molar refractivity (Wildman–Crippen MR) is 124 cm³/mol. The minimum absolute atomic E-state index is 0.0990. The third-order valence-electron chi connectivity index (χ3n) is 5.34. The SMILES string of the molecule is N#Cc1ccc(C=C2CN(S(=O)(=O)c3ccc(F)cc3)CC(=Cc3ccccc3F)C2=O)cc1. The molecule has 0 radical (unpaired) electrons. The van der Waals surface area contributed by atoms with Crippen LogP contribution in [-0.2, 0) is 14.8 Å². The summed E-state index contributed by atoms with van der Waals surface area (Å²) in [4.78, 5) is 13.1. The third-order valence-corrected chi connectivity index (χ3v) is 7.15. The highest BCUT2D eigenvalue weighted by Gasteiger charge is 2.34. The van der Waals surface area contributed by atoms with E-state index in [4.69, 9.17) is 5.26 Å². The molecular formula is C26H18F2N2O3S. The number of halogens is 2. The normalized spacial score (nSPS) is 17.1. The molecule has 1 aliphatic rings. The van der Waals surface area contributed by atoms with E-state index in [2.05, 4.69) is 0 Å². The molecule has 0 unspecified atom stereocenters. The van der Waals surface area contributed by atoms with Crippen molar-refractivity contribution in [2.45, 2.75) is 4.90 Å². The monoisotopic (exact) mass is 476 g/mol. The molecule has 0 aromatic heterocycles. The quantitative estimate of drug-likeness (QED) is 0.517. The summed E-state index contributed by atoms with van der Waals surface area (Å²) in [5.74, 6) is -1.52. The van der Waals surface area contributed by atoms with Crippen molar-refractivity contribution < 1.29 is 22.0 Å². The smallest absolute Gasteiger partial charge is 0.243 e. The van der Waals surface area contributed by atoms with E-state index in [1.807, 2.05) is 6.07 Å². The van der Waals surface area contributed by atoms with Crippen molar-refractivity contribution in [3.63, 3.8) is 0 Å². The zero-order chi connectivity index (χ0) is 24.3. The number of Topliss-reactive ketones (excluding diaryl/α,β-unsaturated/α-hetero) is 1. The highest BCUT2D eigenvalue weighted by Crippen LogP contribution is 2.27. The summed E-state index contributed by atoms with van der Waals surface area (Å²) in [5, 5.41) is 8.98. The molecular weight excluding hydrogens is 458 g/mol. The number of ketones is 1. The second kappa shape index (κ2) is 9.51.